The van der Waals surface area contributed by atoms with Crippen LogP contribution in [0.2, 0.25) is 0 Å². The molecule has 0 bridgehead atoms. The number of hydrogen-bond acceptors (Lipinski definition) is 3. The summed E-state index contributed by atoms with van der Waals surface area (Å²) in [7, 11) is 0. The summed E-state index contributed by atoms with van der Waals surface area (Å²) in [5, 5.41) is 13.9. The molecule has 100 valence electrons. The molecule has 1 atom stereocenters. The minimum absolute atomic E-state index is 0.168. The normalized spacial score (nSPS) is 12.2. The molecule has 0 fully saturated rings. The van der Waals surface area contributed by atoms with E-state index in [-0.39, 0.29) is 5.92 Å². The van der Waals surface area contributed by atoms with Gasteiger partial charge in [-0.05, 0) is 18.1 Å². The topological polar surface area (TPSA) is 91.6 Å². The van der Waals surface area contributed by atoms with Gasteiger partial charge in [-0.3, -0.25) is 0 Å². The van der Waals surface area contributed by atoms with E-state index < -0.39 is 18.0 Å². The zero-order valence-corrected chi connectivity index (χ0v) is 10.5. The van der Waals surface area contributed by atoms with E-state index in [1.807, 2.05) is 6.07 Å². The molecule has 1 aromatic rings. The van der Waals surface area contributed by atoms with Crippen molar-refractivity contribution < 1.29 is 19.1 Å². The van der Waals surface area contributed by atoms with E-state index in [1.54, 1.807) is 26.2 Å². The summed E-state index contributed by atoms with van der Waals surface area (Å²) in [5.41, 5.74) is 0. The predicted molar refractivity (Wildman–Crippen MR) is 65.2 cm³/mol. The van der Waals surface area contributed by atoms with Gasteiger partial charge in [0.15, 0.2) is 0 Å². The molecule has 2 amide bonds. The number of urea groups is 1. The molecule has 0 aromatic carbocycles. The molecule has 18 heavy (non-hydrogen) atoms. The molecule has 0 saturated carbocycles. The molecule has 0 unspecified atom stereocenters. The van der Waals surface area contributed by atoms with E-state index in [0.29, 0.717) is 13.0 Å². The van der Waals surface area contributed by atoms with E-state index in [1.165, 1.54) is 0 Å². The number of hydrogen-bond donors (Lipinski definition) is 3. The smallest absolute Gasteiger partial charge is 0.326 e. The average Bonchev–Trinajstić information content (AvgIpc) is 2.78. The van der Waals surface area contributed by atoms with Gasteiger partial charge in [-0.15, -0.1) is 0 Å². The van der Waals surface area contributed by atoms with Crippen LogP contribution in [0.25, 0.3) is 0 Å². The Labute approximate surface area is 105 Å². The van der Waals surface area contributed by atoms with Gasteiger partial charge in [0.1, 0.15) is 11.8 Å². The van der Waals surface area contributed by atoms with E-state index in [2.05, 4.69) is 10.6 Å². The zero-order chi connectivity index (χ0) is 13.5. The fourth-order valence-corrected chi connectivity index (χ4v) is 1.46. The lowest BCUT2D eigenvalue weighted by Crippen LogP contribution is -2.48. The summed E-state index contributed by atoms with van der Waals surface area (Å²) < 4.78 is 5.11. The second kappa shape index (κ2) is 6.68. The van der Waals surface area contributed by atoms with Crippen molar-refractivity contribution in [1.29, 1.82) is 0 Å². The summed E-state index contributed by atoms with van der Waals surface area (Å²) in [6.07, 6.45) is 2.13. The van der Waals surface area contributed by atoms with Gasteiger partial charge in [0.2, 0.25) is 0 Å². The van der Waals surface area contributed by atoms with Gasteiger partial charge < -0.3 is 20.2 Å². The van der Waals surface area contributed by atoms with Crippen molar-refractivity contribution in [2.24, 2.45) is 5.92 Å². The lowest BCUT2D eigenvalue weighted by Gasteiger charge is -2.18. The molecule has 0 aliphatic carbocycles. The van der Waals surface area contributed by atoms with Crippen LogP contribution in [0.5, 0.6) is 0 Å². The van der Waals surface area contributed by atoms with Gasteiger partial charge >= 0.3 is 12.0 Å². The first-order valence-corrected chi connectivity index (χ1v) is 5.80. The molecular weight excluding hydrogens is 236 g/mol. The van der Waals surface area contributed by atoms with E-state index in [4.69, 9.17) is 9.52 Å². The largest absolute Gasteiger partial charge is 0.480 e. The van der Waals surface area contributed by atoms with E-state index >= 15 is 0 Å². The fraction of sp³-hybridized carbons (Fsp3) is 0.500. The van der Waals surface area contributed by atoms with Crippen LogP contribution in [-0.2, 0) is 11.2 Å². The summed E-state index contributed by atoms with van der Waals surface area (Å²) in [6.45, 7) is 3.87. The second-order valence-electron chi connectivity index (χ2n) is 4.29. The number of carbonyl (C=O) groups is 2. The third kappa shape index (κ3) is 4.48. The van der Waals surface area contributed by atoms with Gasteiger partial charge in [-0.1, -0.05) is 13.8 Å². The van der Waals surface area contributed by atoms with Gasteiger partial charge in [0, 0.05) is 13.0 Å². The minimum atomic E-state index is -1.04. The van der Waals surface area contributed by atoms with Crippen LogP contribution in [0.3, 0.4) is 0 Å². The number of carboxylic acids is 1. The van der Waals surface area contributed by atoms with Crippen molar-refractivity contribution in [3.8, 4) is 0 Å². The molecule has 0 radical (unpaired) electrons. The van der Waals surface area contributed by atoms with Crippen molar-refractivity contribution in [2.45, 2.75) is 26.3 Å². The minimum Gasteiger partial charge on any atom is -0.480 e. The van der Waals surface area contributed by atoms with Crippen LogP contribution in [0.1, 0.15) is 19.6 Å². The SMILES string of the molecule is CC(C)[C@H](NC(=O)NCCc1ccco1)C(=O)O. The van der Waals surface area contributed by atoms with Crippen molar-refractivity contribution in [3.05, 3.63) is 24.2 Å². The molecule has 1 heterocycles. The first-order chi connectivity index (χ1) is 8.50. The third-order valence-corrected chi connectivity index (χ3v) is 2.46. The van der Waals surface area contributed by atoms with Crippen LogP contribution in [0, 0.1) is 5.92 Å². The van der Waals surface area contributed by atoms with Crippen molar-refractivity contribution >= 4 is 12.0 Å². The van der Waals surface area contributed by atoms with Crippen molar-refractivity contribution in [2.75, 3.05) is 6.54 Å². The van der Waals surface area contributed by atoms with Crippen LogP contribution in [-0.4, -0.2) is 29.7 Å². The Morgan fingerprint density at radius 1 is 1.44 bits per heavy atom. The molecule has 6 nitrogen and oxygen atoms in total. The number of carbonyl (C=O) groups excluding carboxylic acids is 1. The third-order valence-electron chi connectivity index (χ3n) is 2.46. The molecule has 6 heteroatoms. The zero-order valence-electron chi connectivity index (χ0n) is 10.5. The maximum atomic E-state index is 11.5. The lowest BCUT2D eigenvalue weighted by atomic mass is 10.1. The van der Waals surface area contributed by atoms with Gasteiger partial charge in [0.05, 0.1) is 6.26 Å². The number of carboxylic acid groups (broad SMARTS) is 1. The molecule has 0 spiro atoms. The molecule has 0 aliphatic rings. The Balaban J connectivity index is 2.30. The van der Waals surface area contributed by atoms with Gasteiger partial charge in [0.25, 0.3) is 0 Å². The van der Waals surface area contributed by atoms with Gasteiger partial charge in [-0.25, -0.2) is 9.59 Å². The number of aliphatic carboxylic acids is 1. The summed E-state index contributed by atoms with van der Waals surface area (Å²) >= 11 is 0. The Kier molecular flexibility index (Phi) is 5.23. The highest BCUT2D eigenvalue weighted by Gasteiger charge is 2.22. The molecule has 0 saturated heterocycles. The Hall–Kier alpha value is -1.98. The molecule has 3 N–H and O–H groups in total. The second-order valence-corrected chi connectivity index (χ2v) is 4.29. The van der Waals surface area contributed by atoms with Crippen LogP contribution in [0.15, 0.2) is 22.8 Å². The lowest BCUT2D eigenvalue weighted by molar-refractivity contribution is -0.140. The Morgan fingerprint density at radius 2 is 2.17 bits per heavy atom. The number of amides is 2. The van der Waals surface area contributed by atoms with E-state index in [9.17, 15) is 9.59 Å². The van der Waals surface area contributed by atoms with Crippen LogP contribution in [0.4, 0.5) is 4.79 Å². The van der Waals surface area contributed by atoms with Gasteiger partial charge in [-0.2, -0.15) is 0 Å². The monoisotopic (exact) mass is 254 g/mol. The van der Waals surface area contributed by atoms with Crippen molar-refractivity contribution in [3.63, 3.8) is 0 Å². The highest BCUT2D eigenvalue weighted by Crippen LogP contribution is 2.02. The van der Waals surface area contributed by atoms with E-state index in [0.717, 1.165) is 5.76 Å². The van der Waals surface area contributed by atoms with Crippen LogP contribution < -0.4 is 10.6 Å². The molecule has 1 rings (SSSR count). The predicted octanol–water partition coefficient (Wildman–Crippen LogP) is 1.23. The number of nitrogens with one attached hydrogen (secondary N) is 2. The Morgan fingerprint density at radius 3 is 2.67 bits per heavy atom. The fourth-order valence-electron chi connectivity index (χ4n) is 1.46. The highest BCUT2D eigenvalue weighted by atomic mass is 16.4. The maximum Gasteiger partial charge on any atom is 0.326 e. The standard InChI is InChI=1S/C12H18N2O4/c1-8(2)10(11(15)16)14-12(17)13-6-5-9-4-3-7-18-9/h3-4,7-8,10H,5-6H2,1-2H3,(H,15,16)(H2,13,14,17)/t10-/m0/s1. The molecule has 0 aliphatic heterocycles. The average molecular weight is 254 g/mol. The van der Waals surface area contributed by atoms with Crippen molar-refractivity contribution in [1.82, 2.24) is 10.6 Å². The maximum absolute atomic E-state index is 11.5. The quantitative estimate of drug-likeness (QED) is 0.712. The summed E-state index contributed by atoms with van der Waals surface area (Å²) in [4.78, 5) is 22.4. The summed E-state index contributed by atoms with van der Waals surface area (Å²) in [5.74, 6) is -0.432. The molecule has 1 aromatic heterocycles. The number of furan rings is 1. The first kappa shape index (κ1) is 14.1. The van der Waals surface area contributed by atoms with Crippen LogP contribution >= 0.6 is 0 Å². The Bertz CT molecular complexity index is 387. The highest BCUT2D eigenvalue weighted by molar-refractivity contribution is 5.82. The molecular formula is C12H18N2O4. The first-order valence-electron chi connectivity index (χ1n) is 5.80. The number of rotatable bonds is 6. The summed E-state index contributed by atoms with van der Waals surface area (Å²) in [6, 6.07) is 2.22.